The van der Waals surface area contributed by atoms with Crippen molar-refractivity contribution < 1.29 is 5.11 Å². The highest BCUT2D eigenvalue weighted by Gasteiger charge is 2.44. The molecule has 2 aliphatic rings. The van der Waals surface area contributed by atoms with Crippen LogP contribution in [0.2, 0.25) is 0 Å². The predicted octanol–water partition coefficient (Wildman–Crippen LogP) is 3.92. The Kier molecular flexibility index (Phi) is 3.00. The molecule has 2 heteroatoms. The molecule has 0 aromatic heterocycles. The number of piperidine rings is 1. The molecule has 3 atom stereocenters. The Labute approximate surface area is 126 Å². The van der Waals surface area contributed by atoms with Crippen LogP contribution in [-0.4, -0.2) is 23.6 Å². The van der Waals surface area contributed by atoms with E-state index in [2.05, 4.69) is 48.3 Å². The van der Waals surface area contributed by atoms with E-state index in [0.29, 0.717) is 23.6 Å². The second kappa shape index (κ2) is 4.88. The molecule has 2 aromatic rings. The standard InChI is InChI=1S/C19H21NO/c1-20-11-5-8-16-18(13-6-3-2-4-7-13)17-12-14(21)9-10-15(17)19(16)20/h2-4,6-7,9-10,12,16,18-19,21H,5,8,11H2,1H3. The number of aromatic hydroxyl groups is 1. The summed E-state index contributed by atoms with van der Waals surface area (Å²) in [5.41, 5.74) is 4.12. The van der Waals surface area contributed by atoms with Crippen molar-refractivity contribution in [1.82, 2.24) is 4.90 Å². The van der Waals surface area contributed by atoms with Crippen LogP contribution in [0.5, 0.6) is 5.75 Å². The van der Waals surface area contributed by atoms with Gasteiger partial charge in [0.05, 0.1) is 0 Å². The summed E-state index contributed by atoms with van der Waals surface area (Å²) in [4.78, 5) is 2.49. The van der Waals surface area contributed by atoms with Crippen LogP contribution < -0.4 is 0 Å². The lowest BCUT2D eigenvalue weighted by molar-refractivity contribution is 0.127. The Bertz CT molecular complexity index is 652. The third-order valence-electron chi connectivity index (χ3n) is 5.24. The number of nitrogens with zero attached hydrogens (tertiary/aromatic N) is 1. The molecule has 1 N–H and O–H groups in total. The second-order valence-electron chi connectivity index (χ2n) is 6.43. The molecule has 0 radical (unpaired) electrons. The first-order valence-electron chi connectivity index (χ1n) is 7.83. The first-order valence-corrected chi connectivity index (χ1v) is 7.83. The van der Waals surface area contributed by atoms with Gasteiger partial charge in [-0.15, -0.1) is 0 Å². The Morgan fingerprint density at radius 2 is 1.86 bits per heavy atom. The SMILES string of the molecule is CN1CCCC2C(c3ccccc3)c3cc(O)ccc3C21. The zero-order chi connectivity index (χ0) is 14.4. The number of hydrogen-bond acceptors (Lipinski definition) is 2. The van der Waals surface area contributed by atoms with Crippen molar-refractivity contribution in [3.63, 3.8) is 0 Å². The monoisotopic (exact) mass is 279 g/mol. The zero-order valence-corrected chi connectivity index (χ0v) is 12.4. The first-order chi connectivity index (χ1) is 10.3. The number of phenolic OH excluding ortho intramolecular Hbond substituents is 1. The summed E-state index contributed by atoms with van der Waals surface area (Å²) in [7, 11) is 2.24. The van der Waals surface area contributed by atoms with Crippen molar-refractivity contribution in [2.75, 3.05) is 13.6 Å². The van der Waals surface area contributed by atoms with Crippen LogP contribution in [-0.2, 0) is 0 Å². The Balaban J connectivity index is 1.88. The van der Waals surface area contributed by atoms with Gasteiger partial charge < -0.3 is 5.11 Å². The van der Waals surface area contributed by atoms with E-state index in [-0.39, 0.29) is 0 Å². The predicted molar refractivity (Wildman–Crippen MR) is 84.5 cm³/mol. The minimum absolute atomic E-state index is 0.385. The maximum absolute atomic E-state index is 9.95. The van der Waals surface area contributed by atoms with Gasteiger partial charge in [0.15, 0.2) is 0 Å². The summed E-state index contributed by atoms with van der Waals surface area (Å²) in [6.07, 6.45) is 2.53. The Morgan fingerprint density at radius 1 is 1.05 bits per heavy atom. The van der Waals surface area contributed by atoms with E-state index in [4.69, 9.17) is 0 Å². The van der Waals surface area contributed by atoms with Crippen LogP contribution in [0.25, 0.3) is 0 Å². The topological polar surface area (TPSA) is 23.5 Å². The van der Waals surface area contributed by atoms with Gasteiger partial charge in [0, 0.05) is 12.0 Å². The number of likely N-dealkylation sites (tertiary alicyclic amines) is 1. The quantitative estimate of drug-likeness (QED) is 0.855. The van der Waals surface area contributed by atoms with Crippen LogP contribution in [0.1, 0.15) is 41.5 Å². The van der Waals surface area contributed by atoms with E-state index in [1.54, 1.807) is 0 Å². The third-order valence-corrected chi connectivity index (χ3v) is 5.24. The van der Waals surface area contributed by atoms with Crippen molar-refractivity contribution in [2.45, 2.75) is 24.8 Å². The van der Waals surface area contributed by atoms with E-state index in [9.17, 15) is 5.11 Å². The molecule has 1 saturated heterocycles. The molecule has 108 valence electrons. The fraction of sp³-hybridized carbons (Fsp3) is 0.368. The van der Waals surface area contributed by atoms with E-state index in [0.717, 1.165) is 0 Å². The van der Waals surface area contributed by atoms with Crippen LogP contribution in [0, 0.1) is 5.92 Å². The summed E-state index contributed by atoms with van der Waals surface area (Å²) in [6.45, 7) is 1.17. The smallest absolute Gasteiger partial charge is 0.115 e. The average molecular weight is 279 g/mol. The van der Waals surface area contributed by atoms with Gasteiger partial charge in [-0.3, -0.25) is 4.90 Å². The average Bonchev–Trinajstić information content (AvgIpc) is 2.82. The molecule has 0 saturated carbocycles. The van der Waals surface area contributed by atoms with Gasteiger partial charge in [0.1, 0.15) is 5.75 Å². The summed E-state index contributed by atoms with van der Waals surface area (Å²) in [5.74, 6) is 1.43. The molecule has 21 heavy (non-hydrogen) atoms. The minimum Gasteiger partial charge on any atom is -0.508 e. The van der Waals surface area contributed by atoms with Crippen LogP contribution >= 0.6 is 0 Å². The largest absolute Gasteiger partial charge is 0.508 e. The Hall–Kier alpha value is -1.80. The number of benzene rings is 2. The number of rotatable bonds is 1. The maximum Gasteiger partial charge on any atom is 0.115 e. The summed E-state index contributed by atoms with van der Waals surface area (Å²) >= 11 is 0. The van der Waals surface area contributed by atoms with E-state index >= 15 is 0 Å². The molecule has 1 fully saturated rings. The van der Waals surface area contributed by atoms with Gasteiger partial charge in [0.2, 0.25) is 0 Å². The van der Waals surface area contributed by atoms with Crippen molar-refractivity contribution in [3.05, 3.63) is 65.2 Å². The number of phenols is 1. The first kappa shape index (κ1) is 12.9. The van der Waals surface area contributed by atoms with Gasteiger partial charge in [-0.25, -0.2) is 0 Å². The van der Waals surface area contributed by atoms with Gasteiger partial charge in [-0.2, -0.15) is 0 Å². The zero-order valence-electron chi connectivity index (χ0n) is 12.4. The highest BCUT2D eigenvalue weighted by molar-refractivity contribution is 5.49. The number of hydrogen-bond donors (Lipinski definition) is 1. The molecule has 2 nitrogen and oxygen atoms in total. The third kappa shape index (κ3) is 1.97. The molecule has 4 rings (SSSR count). The molecule has 1 aliphatic carbocycles. The molecule has 3 unspecified atom stereocenters. The Morgan fingerprint density at radius 3 is 2.67 bits per heavy atom. The molecular formula is C19H21NO. The lowest BCUT2D eigenvalue weighted by Gasteiger charge is -2.37. The van der Waals surface area contributed by atoms with Gasteiger partial charge in [-0.05, 0) is 61.2 Å². The van der Waals surface area contributed by atoms with Crippen molar-refractivity contribution in [3.8, 4) is 5.75 Å². The van der Waals surface area contributed by atoms with Gasteiger partial charge in [-0.1, -0.05) is 36.4 Å². The van der Waals surface area contributed by atoms with Crippen molar-refractivity contribution in [2.24, 2.45) is 5.92 Å². The van der Waals surface area contributed by atoms with Crippen molar-refractivity contribution >= 4 is 0 Å². The summed E-state index contributed by atoms with van der Waals surface area (Å²) in [6, 6.07) is 17.2. The summed E-state index contributed by atoms with van der Waals surface area (Å²) in [5, 5.41) is 9.95. The van der Waals surface area contributed by atoms with E-state index < -0.39 is 0 Å². The van der Waals surface area contributed by atoms with Gasteiger partial charge >= 0.3 is 0 Å². The molecule has 1 heterocycles. The fourth-order valence-corrected chi connectivity index (χ4v) is 4.44. The van der Waals surface area contributed by atoms with Crippen LogP contribution in [0.4, 0.5) is 0 Å². The molecule has 0 spiro atoms. The van der Waals surface area contributed by atoms with Crippen LogP contribution in [0.3, 0.4) is 0 Å². The van der Waals surface area contributed by atoms with Crippen LogP contribution in [0.15, 0.2) is 48.5 Å². The minimum atomic E-state index is 0.385. The maximum atomic E-state index is 9.95. The second-order valence-corrected chi connectivity index (χ2v) is 6.43. The van der Waals surface area contributed by atoms with Crippen molar-refractivity contribution in [1.29, 1.82) is 0 Å². The van der Waals surface area contributed by atoms with Gasteiger partial charge in [0.25, 0.3) is 0 Å². The molecule has 0 bridgehead atoms. The number of fused-ring (bicyclic) bond motifs is 3. The molecule has 0 amide bonds. The molecular weight excluding hydrogens is 258 g/mol. The fourth-order valence-electron chi connectivity index (χ4n) is 4.44. The highest BCUT2D eigenvalue weighted by Crippen LogP contribution is 2.54. The lowest BCUT2D eigenvalue weighted by atomic mass is 9.80. The summed E-state index contributed by atoms with van der Waals surface area (Å²) < 4.78 is 0. The van der Waals surface area contributed by atoms with E-state index in [1.807, 2.05) is 12.1 Å². The normalized spacial score (nSPS) is 28.1. The highest BCUT2D eigenvalue weighted by atomic mass is 16.3. The lowest BCUT2D eigenvalue weighted by Crippen LogP contribution is -2.34. The molecule has 1 aliphatic heterocycles. The van der Waals surface area contributed by atoms with E-state index in [1.165, 1.54) is 36.1 Å². The molecule has 2 aromatic carbocycles.